The zero-order valence-corrected chi connectivity index (χ0v) is 39.2. The smallest absolute Gasteiger partial charge is 0.306 e. The lowest BCUT2D eigenvalue weighted by molar-refractivity contribution is -0.167. The average Bonchev–Trinajstić information content (AvgIpc) is 3.24. The van der Waals surface area contributed by atoms with Gasteiger partial charge < -0.3 is 14.2 Å². The van der Waals surface area contributed by atoms with Gasteiger partial charge in [-0.2, -0.15) is 0 Å². The van der Waals surface area contributed by atoms with Gasteiger partial charge in [0.15, 0.2) is 6.10 Å². The number of hydrogen-bond donors (Lipinski definition) is 0. The maximum absolute atomic E-state index is 12.8. The molecule has 344 valence electrons. The molecule has 0 aromatic heterocycles. The summed E-state index contributed by atoms with van der Waals surface area (Å²) in [6, 6.07) is 0. The number of esters is 3. The highest BCUT2D eigenvalue weighted by atomic mass is 16.6. The molecule has 1 unspecified atom stereocenters. The van der Waals surface area contributed by atoms with Gasteiger partial charge >= 0.3 is 17.9 Å². The molecule has 0 aromatic carbocycles. The molecule has 0 rings (SSSR count). The number of hydrogen-bond acceptors (Lipinski definition) is 6. The zero-order valence-electron chi connectivity index (χ0n) is 39.2. The summed E-state index contributed by atoms with van der Waals surface area (Å²) in [6.45, 7) is 6.33. The maximum Gasteiger partial charge on any atom is 0.306 e. The van der Waals surface area contributed by atoms with E-state index in [1.54, 1.807) is 0 Å². The Morgan fingerprint density at radius 3 is 1.23 bits per heavy atom. The van der Waals surface area contributed by atoms with E-state index >= 15 is 0 Å². The van der Waals surface area contributed by atoms with E-state index in [0.29, 0.717) is 19.3 Å². The highest BCUT2D eigenvalue weighted by Gasteiger charge is 2.19. The quantitative estimate of drug-likeness (QED) is 0.0200. The first-order valence-electron chi connectivity index (χ1n) is 25.0. The second-order valence-electron chi connectivity index (χ2n) is 16.4. The molecule has 0 bridgehead atoms. The van der Waals surface area contributed by atoms with Crippen LogP contribution >= 0.6 is 0 Å². The number of ether oxygens (including phenoxy) is 3. The fraction of sp³-hybridized carbons (Fsp3) is 0.722. The first kappa shape index (κ1) is 56.9. The predicted molar refractivity (Wildman–Crippen MR) is 256 cm³/mol. The minimum Gasteiger partial charge on any atom is -0.462 e. The molecule has 60 heavy (non-hydrogen) atoms. The molecular formula is C54H92O6. The molecule has 0 N–H and O–H groups in total. The molecular weight excluding hydrogens is 745 g/mol. The van der Waals surface area contributed by atoms with E-state index < -0.39 is 6.10 Å². The summed E-state index contributed by atoms with van der Waals surface area (Å²) in [5, 5.41) is 0. The second kappa shape index (κ2) is 48.5. The fourth-order valence-corrected chi connectivity index (χ4v) is 6.77. The molecule has 0 radical (unpaired) electrons. The Kier molecular flexibility index (Phi) is 46.0. The Balaban J connectivity index is 4.36. The van der Waals surface area contributed by atoms with Crippen LogP contribution in [0.25, 0.3) is 0 Å². The molecule has 0 amide bonds. The number of unbranched alkanes of at least 4 members (excludes halogenated alkanes) is 23. The van der Waals surface area contributed by atoms with E-state index in [-0.39, 0.29) is 31.1 Å². The van der Waals surface area contributed by atoms with Crippen molar-refractivity contribution in [2.24, 2.45) is 0 Å². The van der Waals surface area contributed by atoms with E-state index in [2.05, 4.69) is 93.7 Å². The van der Waals surface area contributed by atoms with Crippen LogP contribution < -0.4 is 0 Å². The van der Waals surface area contributed by atoms with Crippen LogP contribution in [0, 0.1) is 0 Å². The summed E-state index contributed by atoms with van der Waals surface area (Å²) in [5.41, 5.74) is 0. The molecule has 0 saturated carbocycles. The largest absolute Gasteiger partial charge is 0.462 e. The summed E-state index contributed by atoms with van der Waals surface area (Å²) < 4.78 is 16.7. The highest BCUT2D eigenvalue weighted by Crippen LogP contribution is 2.14. The van der Waals surface area contributed by atoms with Crippen molar-refractivity contribution in [2.75, 3.05) is 13.2 Å². The minimum atomic E-state index is -0.796. The third-order valence-electron chi connectivity index (χ3n) is 10.5. The van der Waals surface area contributed by atoms with E-state index in [1.807, 2.05) is 0 Å². The summed E-state index contributed by atoms with van der Waals surface area (Å²) in [6.07, 6.45) is 60.4. The van der Waals surface area contributed by atoms with E-state index in [9.17, 15) is 14.4 Å². The third kappa shape index (κ3) is 45.9. The first-order chi connectivity index (χ1) is 29.5. The van der Waals surface area contributed by atoms with Gasteiger partial charge in [0, 0.05) is 19.3 Å². The fourth-order valence-electron chi connectivity index (χ4n) is 6.77. The Labute approximate surface area is 370 Å². The predicted octanol–water partition coefficient (Wildman–Crippen LogP) is 16.3. The number of rotatable bonds is 44. The lowest BCUT2D eigenvalue weighted by Crippen LogP contribution is -2.30. The van der Waals surface area contributed by atoms with Crippen molar-refractivity contribution in [1.29, 1.82) is 0 Å². The van der Waals surface area contributed by atoms with Crippen molar-refractivity contribution in [1.82, 2.24) is 0 Å². The number of carbonyl (C=O) groups excluding carboxylic acids is 3. The lowest BCUT2D eigenvalue weighted by Gasteiger charge is -2.18. The molecule has 0 heterocycles. The van der Waals surface area contributed by atoms with E-state index in [1.165, 1.54) is 103 Å². The van der Waals surface area contributed by atoms with E-state index in [0.717, 1.165) is 89.9 Å². The van der Waals surface area contributed by atoms with E-state index in [4.69, 9.17) is 14.2 Å². The van der Waals surface area contributed by atoms with Gasteiger partial charge in [-0.15, -0.1) is 0 Å². The molecule has 0 aliphatic rings. The monoisotopic (exact) mass is 837 g/mol. The van der Waals surface area contributed by atoms with Gasteiger partial charge in [0.05, 0.1) is 0 Å². The van der Waals surface area contributed by atoms with Gasteiger partial charge in [-0.1, -0.05) is 196 Å². The van der Waals surface area contributed by atoms with Gasteiger partial charge in [0.25, 0.3) is 0 Å². The van der Waals surface area contributed by atoms with Crippen LogP contribution in [-0.2, 0) is 28.6 Å². The molecule has 6 heteroatoms. The summed E-state index contributed by atoms with van der Waals surface area (Å²) in [7, 11) is 0. The molecule has 0 fully saturated rings. The van der Waals surface area contributed by atoms with Crippen molar-refractivity contribution in [3.8, 4) is 0 Å². The third-order valence-corrected chi connectivity index (χ3v) is 10.5. The summed E-state index contributed by atoms with van der Waals surface area (Å²) in [4.78, 5) is 37.8. The van der Waals surface area contributed by atoms with Gasteiger partial charge in [-0.3, -0.25) is 14.4 Å². The molecule has 0 aliphatic heterocycles. The Hall–Kier alpha value is -3.15. The Morgan fingerprint density at radius 2 is 0.733 bits per heavy atom. The molecule has 0 saturated heterocycles. The second-order valence-corrected chi connectivity index (χ2v) is 16.4. The topological polar surface area (TPSA) is 78.9 Å². The Bertz CT molecular complexity index is 1140. The zero-order chi connectivity index (χ0) is 43.7. The molecule has 0 spiro atoms. The van der Waals surface area contributed by atoms with Crippen LogP contribution in [0.15, 0.2) is 72.9 Å². The summed E-state index contributed by atoms with van der Waals surface area (Å²) >= 11 is 0. The SMILES string of the molecule is CC\C=C/C=C\C=C/CCCCCCCCCC(=O)OC(COC(=O)CCCC/C=C\C/C=C\CC)COC(=O)CCCCCCC/C=C\CCCCCCCCCCC. The van der Waals surface area contributed by atoms with Crippen LogP contribution in [0.1, 0.15) is 233 Å². The standard InChI is InChI=1S/C54H92O6/c1-4-7-10-13-16-19-21-23-25-26-27-29-30-32-35-38-41-44-47-53(56)59-50-51(49-58-52(55)46-43-40-37-34-18-15-12-9-6-3)60-54(57)48-45-42-39-36-33-31-28-24-22-20-17-14-11-8-5-2/h8-9,11-12,14,17-18,20,22,27,29,34,51H,4-7,10,13,15-16,19,21,23-26,28,30-33,35-50H2,1-3H3/b11-8-,12-9-,17-14-,22-20-,29-27-,34-18-. The Morgan fingerprint density at radius 1 is 0.367 bits per heavy atom. The van der Waals surface area contributed by atoms with Crippen LogP contribution in [0.2, 0.25) is 0 Å². The molecule has 0 aromatic rings. The highest BCUT2D eigenvalue weighted by molar-refractivity contribution is 5.71. The first-order valence-corrected chi connectivity index (χ1v) is 25.0. The number of carbonyl (C=O) groups is 3. The van der Waals surface area contributed by atoms with Gasteiger partial charge in [-0.05, 0) is 89.9 Å². The van der Waals surface area contributed by atoms with Gasteiger partial charge in [0.1, 0.15) is 13.2 Å². The van der Waals surface area contributed by atoms with Crippen LogP contribution in [-0.4, -0.2) is 37.2 Å². The number of allylic oxidation sites excluding steroid dienone is 12. The van der Waals surface area contributed by atoms with Crippen LogP contribution in [0.3, 0.4) is 0 Å². The van der Waals surface area contributed by atoms with Crippen LogP contribution in [0.5, 0.6) is 0 Å². The minimum absolute atomic E-state index is 0.0953. The van der Waals surface area contributed by atoms with Crippen molar-refractivity contribution < 1.29 is 28.6 Å². The maximum atomic E-state index is 12.8. The normalized spacial score (nSPS) is 12.7. The molecule has 0 aliphatic carbocycles. The van der Waals surface area contributed by atoms with Gasteiger partial charge in [-0.25, -0.2) is 0 Å². The molecule has 1 atom stereocenters. The van der Waals surface area contributed by atoms with Gasteiger partial charge in [0.2, 0.25) is 0 Å². The van der Waals surface area contributed by atoms with Crippen LogP contribution in [0.4, 0.5) is 0 Å². The molecule has 6 nitrogen and oxygen atoms in total. The average molecular weight is 837 g/mol. The van der Waals surface area contributed by atoms with Crippen molar-refractivity contribution in [3.63, 3.8) is 0 Å². The lowest BCUT2D eigenvalue weighted by atomic mass is 10.1. The summed E-state index contributed by atoms with van der Waals surface area (Å²) in [5.74, 6) is -0.955. The van der Waals surface area contributed by atoms with Crippen molar-refractivity contribution in [3.05, 3.63) is 72.9 Å². The van der Waals surface area contributed by atoms with Crippen molar-refractivity contribution >= 4 is 17.9 Å². The van der Waals surface area contributed by atoms with Crippen molar-refractivity contribution in [2.45, 2.75) is 239 Å².